The molecule has 0 fully saturated rings. The smallest absolute Gasteiger partial charge is 0.164 e. The first-order valence-electron chi connectivity index (χ1n) is 15.5. The first-order chi connectivity index (χ1) is 22.1. The van der Waals surface area contributed by atoms with Crippen LogP contribution in [0.5, 0.6) is 0 Å². The standard InChI is InChI=1S/C42H29N3/c1-42(2)36-20-12-11-18-31(36)34-24-23-33-30-22-21-28(25-35(30)29-17-9-10-19-32(29)37(33)38(34)42)41-44-39(26-13-5-3-6-14-26)43-40(45-41)27-15-7-4-8-16-27/h3-25H,1-2H3. The SMILES string of the molecule is CC1(C)c2ccccc2-c2ccc3c4ccc(-c5nc(-c6ccccc6)nc(-c6ccccc6)n5)cc4c4ccccc4c3c21. The highest BCUT2D eigenvalue weighted by Crippen LogP contribution is 2.53. The molecule has 212 valence electrons. The van der Waals surface area contributed by atoms with Crippen molar-refractivity contribution in [3.8, 4) is 45.3 Å². The Balaban J connectivity index is 1.32. The van der Waals surface area contributed by atoms with Gasteiger partial charge in [-0.2, -0.15) is 0 Å². The van der Waals surface area contributed by atoms with Crippen LogP contribution in [0.2, 0.25) is 0 Å². The fraction of sp³-hybridized carbons (Fsp3) is 0.0714. The summed E-state index contributed by atoms with van der Waals surface area (Å²) in [7, 11) is 0. The van der Waals surface area contributed by atoms with Crippen LogP contribution >= 0.6 is 0 Å². The number of rotatable bonds is 3. The highest BCUT2D eigenvalue weighted by molar-refractivity contribution is 6.27. The van der Waals surface area contributed by atoms with Crippen LogP contribution in [0.3, 0.4) is 0 Å². The molecular formula is C42H29N3. The highest BCUT2D eigenvalue weighted by Gasteiger charge is 2.37. The third-order valence-corrected chi connectivity index (χ3v) is 9.47. The van der Waals surface area contributed by atoms with E-state index in [1.807, 2.05) is 60.7 Å². The summed E-state index contributed by atoms with van der Waals surface area (Å²) in [6.07, 6.45) is 0. The van der Waals surface area contributed by atoms with Crippen molar-refractivity contribution in [3.63, 3.8) is 0 Å². The summed E-state index contributed by atoms with van der Waals surface area (Å²) < 4.78 is 0. The summed E-state index contributed by atoms with van der Waals surface area (Å²) in [5, 5.41) is 7.58. The summed E-state index contributed by atoms with van der Waals surface area (Å²) in [5.41, 5.74) is 8.30. The molecule has 0 spiro atoms. The number of fused-ring (bicyclic) bond motifs is 10. The van der Waals surface area contributed by atoms with E-state index in [1.54, 1.807) is 0 Å². The van der Waals surface area contributed by atoms with E-state index >= 15 is 0 Å². The highest BCUT2D eigenvalue weighted by atomic mass is 15.0. The first-order valence-corrected chi connectivity index (χ1v) is 15.5. The number of hydrogen-bond donors (Lipinski definition) is 0. The molecular weight excluding hydrogens is 546 g/mol. The molecule has 0 saturated heterocycles. The number of nitrogens with zero attached hydrogens (tertiary/aromatic N) is 3. The van der Waals surface area contributed by atoms with Gasteiger partial charge in [0.15, 0.2) is 17.5 Å². The van der Waals surface area contributed by atoms with Gasteiger partial charge in [0, 0.05) is 22.1 Å². The van der Waals surface area contributed by atoms with E-state index in [4.69, 9.17) is 15.0 Å². The van der Waals surface area contributed by atoms with Crippen LogP contribution in [0.15, 0.2) is 140 Å². The molecule has 45 heavy (non-hydrogen) atoms. The first kappa shape index (κ1) is 25.8. The van der Waals surface area contributed by atoms with Crippen molar-refractivity contribution in [1.29, 1.82) is 0 Å². The van der Waals surface area contributed by atoms with E-state index in [0.717, 1.165) is 16.7 Å². The van der Waals surface area contributed by atoms with E-state index < -0.39 is 0 Å². The van der Waals surface area contributed by atoms with Gasteiger partial charge in [-0.25, -0.2) is 15.0 Å². The molecule has 0 N–H and O–H groups in total. The molecule has 0 radical (unpaired) electrons. The van der Waals surface area contributed by atoms with Gasteiger partial charge in [-0.15, -0.1) is 0 Å². The molecule has 0 saturated carbocycles. The maximum absolute atomic E-state index is 5.02. The Bertz CT molecular complexity index is 2370. The van der Waals surface area contributed by atoms with E-state index in [9.17, 15) is 0 Å². The van der Waals surface area contributed by atoms with Gasteiger partial charge in [-0.3, -0.25) is 0 Å². The molecule has 9 rings (SSSR count). The van der Waals surface area contributed by atoms with Crippen molar-refractivity contribution >= 4 is 32.3 Å². The van der Waals surface area contributed by atoms with Gasteiger partial charge in [0.2, 0.25) is 0 Å². The summed E-state index contributed by atoms with van der Waals surface area (Å²) in [5.74, 6) is 2.00. The molecule has 0 unspecified atom stereocenters. The minimum absolute atomic E-state index is 0.103. The largest absolute Gasteiger partial charge is 0.208 e. The monoisotopic (exact) mass is 575 g/mol. The predicted octanol–water partition coefficient (Wildman–Crippen LogP) is 10.6. The van der Waals surface area contributed by atoms with E-state index in [-0.39, 0.29) is 5.41 Å². The number of aromatic nitrogens is 3. The van der Waals surface area contributed by atoms with Gasteiger partial charge >= 0.3 is 0 Å². The van der Waals surface area contributed by atoms with Crippen molar-refractivity contribution in [1.82, 2.24) is 15.0 Å². The lowest BCUT2D eigenvalue weighted by atomic mass is 9.78. The zero-order chi connectivity index (χ0) is 30.1. The normalized spacial score (nSPS) is 13.3. The molecule has 3 nitrogen and oxygen atoms in total. The Morgan fingerprint density at radius 2 is 0.911 bits per heavy atom. The quantitative estimate of drug-likeness (QED) is 0.197. The zero-order valence-corrected chi connectivity index (χ0v) is 25.1. The Kier molecular flexibility index (Phi) is 5.54. The van der Waals surface area contributed by atoms with Gasteiger partial charge in [-0.05, 0) is 60.6 Å². The maximum Gasteiger partial charge on any atom is 0.164 e. The fourth-order valence-electron chi connectivity index (χ4n) is 7.39. The molecule has 0 aliphatic heterocycles. The molecule has 0 bridgehead atoms. The summed E-state index contributed by atoms with van der Waals surface area (Å²) in [6.45, 7) is 4.74. The second-order valence-corrected chi connectivity index (χ2v) is 12.4. The van der Waals surface area contributed by atoms with E-state index in [1.165, 1.54) is 54.6 Å². The molecule has 7 aromatic carbocycles. The van der Waals surface area contributed by atoms with E-state index in [2.05, 4.69) is 92.7 Å². The van der Waals surface area contributed by atoms with Gasteiger partial charge in [0.05, 0.1) is 0 Å². The Labute approximate surface area is 261 Å². The predicted molar refractivity (Wildman–Crippen MR) is 186 cm³/mol. The van der Waals surface area contributed by atoms with E-state index in [0.29, 0.717) is 17.5 Å². The van der Waals surface area contributed by atoms with Gasteiger partial charge in [0.25, 0.3) is 0 Å². The van der Waals surface area contributed by atoms with Crippen LogP contribution in [0.25, 0.3) is 77.6 Å². The van der Waals surface area contributed by atoms with Gasteiger partial charge < -0.3 is 0 Å². The Morgan fingerprint density at radius 1 is 0.400 bits per heavy atom. The third kappa shape index (κ3) is 3.87. The topological polar surface area (TPSA) is 38.7 Å². The minimum atomic E-state index is -0.103. The average Bonchev–Trinajstić information content (AvgIpc) is 3.35. The van der Waals surface area contributed by atoms with Crippen LogP contribution in [0.4, 0.5) is 0 Å². The average molecular weight is 576 g/mol. The van der Waals surface area contributed by atoms with Crippen molar-refractivity contribution in [3.05, 3.63) is 151 Å². The van der Waals surface area contributed by atoms with Crippen LogP contribution in [-0.2, 0) is 5.41 Å². The minimum Gasteiger partial charge on any atom is -0.208 e. The second kappa shape index (κ2) is 9.67. The van der Waals surface area contributed by atoms with Gasteiger partial charge in [0.1, 0.15) is 0 Å². The lowest BCUT2D eigenvalue weighted by Crippen LogP contribution is -2.15. The lowest BCUT2D eigenvalue weighted by Gasteiger charge is -2.24. The zero-order valence-electron chi connectivity index (χ0n) is 25.1. The van der Waals surface area contributed by atoms with Gasteiger partial charge in [-0.1, -0.05) is 147 Å². The number of hydrogen-bond acceptors (Lipinski definition) is 3. The lowest BCUT2D eigenvalue weighted by molar-refractivity contribution is 0.666. The van der Waals surface area contributed by atoms with Crippen LogP contribution < -0.4 is 0 Å². The maximum atomic E-state index is 5.02. The fourth-order valence-corrected chi connectivity index (χ4v) is 7.39. The van der Waals surface area contributed by atoms with Crippen molar-refractivity contribution < 1.29 is 0 Å². The van der Waals surface area contributed by atoms with Crippen LogP contribution in [0.1, 0.15) is 25.0 Å². The van der Waals surface area contributed by atoms with Crippen LogP contribution in [0, 0.1) is 0 Å². The summed E-state index contributed by atoms with van der Waals surface area (Å²) in [6, 6.07) is 49.4. The number of benzene rings is 7. The van der Waals surface area contributed by atoms with Crippen molar-refractivity contribution in [2.75, 3.05) is 0 Å². The molecule has 0 atom stereocenters. The Morgan fingerprint density at radius 3 is 1.60 bits per heavy atom. The van der Waals surface area contributed by atoms with Crippen LogP contribution in [-0.4, -0.2) is 15.0 Å². The van der Waals surface area contributed by atoms with Crippen molar-refractivity contribution in [2.45, 2.75) is 19.3 Å². The molecule has 1 aromatic heterocycles. The Hall–Kier alpha value is -5.67. The molecule has 1 aliphatic rings. The molecule has 0 amide bonds. The van der Waals surface area contributed by atoms with Crippen molar-refractivity contribution in [2.24, 2.45) is 0 Å². The molecule has 1 aliphatic carbocycles. The second-order valence-electron chi connectivity index (χ2n) is 12.4. The summed E-state index contributed by atoms with van der Waals surface area (Å²) in [4.78, 5) is 14.9. The molecule has 3 heteroatoms. The summed E-state index contributed by atoms with van der Waals surface area (Å²) >= 11 is 0. The molecule has 8 aromatic rings. The molecule has 1 heterocycles. The third-order valence-electron chi connectivity index (χ3n) is 9.47.